The number of amides is 1. The fourth-order valence-electron chi connectivity index (χ4n) is 3.03. The quantitative estimate of drug-likeness (QED) is 0.224. The molecule has 4 aromatic rings. The molecule has 1 aromatic heterocycles. The third kappa shape index (κ3) is 6.56. The second-order valence-electron chi connectivity index (χ2n) is 7.35. The van der Waals surface area contributed by atoms with Crippen molar-refractivity contribution >= 4 is 73.0 Å². The van der Waals surface area contributed by atoms with E-state index in [0.29, 0.717) is 26.6 Å². The summed E-state index contributed by atoms with van der Waals surface area (Å²) in [6.45, 7) is 1.79. The van der Waals surface area contributed by atoms with E-state index in [2.05, 4.69) is 15.0 Å². The molecule has 1 heterocycles. The highest BCUT2D eigenvalue weighted by Gasteiger charge is 2.18. The fraction of sp³-hybridized carbons (Fsp3) is 0.0833. The number of nitrogens with zero attached hydrogens (tertiary/aromatic N) is 1. The van der Waals surface area contributed by atoms with Crippen LogP contribution in [0.1, 0.15) is 6.92 Å². The molecule has 3 aromatic carbocycles. The monoisotopic (exact) mass is 563 g/mol. The molecule has 6 nitrogen and oxygen atoms in total. The van der Waals surface area contributed by atoms with Crippen LogP contribution in [0.2, 0.25) is 10.0 Å². The van der Waals surface area contributed by atoms with E-state index < -0.39 is 15.3 Å². The van der Waals surface area contributed by atoms with E-state index in [4.69, 9.17) is 23.2 Å². The maximum Gasteiger partial charge on any atom is 0.261 e. The molecule has 0 spiro atoms. The van der Waals surface area contributed by atoms with E-state index in [0.717, 1.165) is 10.5 Å². The molecular weight excluding hydrogens is 545 g/mol. The van der Waals surface area contributed by atoms with Gasteiger partial charge in [-0.1, -0.05) is 41.4 Å². The Morgan fingerprint density at radius 3 is 2.43 bits per heavy atom. The summed E-state index contributed by atoms with van der Waals surface area (Å²) < 4.78 is 27.5. The maximum absolute atomic E-state index is 12.7. The normalized spacial score (nSPS) is 12.2. The Morgan fingerprint density at radius 2 is 1.74 bits per heavy atom. The first kappa shape index (κ1) is 25.5. The summed E-state index contributed by atoms with van der Waals surface area (Å²) in [5, 5.41) is 5.73. The zero-order valence-corrected chi connectivity index (χ0v) is 22.2. The van der Waals surface area contributed by atoms with E-state index in [1.807, 2.05) is 5.38 Å². The summed E-state index contributed by atoms with van der Waals surface area (Å²) in [4.78, 5) is 18.2. The first-order valence-electron chi connectivity index (χ1n) is 10.3. The Hall–Kier alpha value is -2.56. The SMILES string of the molecule is CC(Sc1ccc(NS(=O)(=O)c2ccccc2)cc1)C(=O)Nc1nc(-c2ccc(Cl)cc2Cl)cs1. The summed E-state index contributed by atoms with van der Waals surface area (Å²) in [5.74, 6) is -0.202. The number of sulfonamides is 1. The van der Waals surface area contributed by atoms with Crippen LogP contribution in [0.25, 0.3) is 11.3 Å². The van der Waals surface area contributed by atoms with Gasteiger partial charge in [-0.25, -0.2) is 13.4 Å². The minimum Gasteiger partial charge on any atom is -0.301 e. The Balaban J connectivity index is 1.35. The molecule has 0 aliphatic carbocycles. The number of carbonyl (C=O) groups is 1. The van der Waals surface area contributed by atoms with Crippen molar-refractivity contribution in [1.82, 2.24) is 4.98 Å². The number of anilines is 2. The molecule has 0 fully saturated rings. The molecule has 0 radical (unpaired) electrons. The number of halogens is 2. The molecule has 4 rings (SSSR count). The lowest BCUT2D eigenvalue weighted by molar-refractivity contribution is -0.115. The number of thiazole rings is 1. The van der Waals surface area contributed by atoms with Gasteiger partial charge < -0.3 is 5.32 Å². The lowest BCUT2D eigenvalue weighted by Gasteiger charge is -2.12. The highest BCUT2D eigenvalue weighted by molar-refractivity contribution is 8.00. The topological polar surface area (TPSA) is 88.2 Å². The predicted molar refractivity (Wildman–Crippen MR) is 145 cm³/mol. The third-order valence-corrected chi connectivity index (χ3v) is 8.60. The van der Waals surface area contributed by atoms with E-state index in [-0.39, 0.29) is 10.8 Å². The van der Waals surface area contributed by atoms with Crippen molar-refractivity contribution in [2.45, 2.75) is 22.0 Å². The molecule has 0 aliphatic rings. The van der Waals surface area contributed by atoms with Gasteiger partial charge in [0.05, 0.1) is 20.9 Å². The van der Waals surface area contributed by atoms with E-state index >= 15 is 0 Å². The largest absolute Gasteiger partial charge is 0.301 e. The van der Waals surface area contributed by atoms with Crippen LogP contribution < -0.4 is 10.0 Å². The molecular formula is C24H19Cl2N3O3S3. The van der Waals surface area contributed by atoms with Gasteiger partial charge in [0, 0.05) is 26.5 Å². The van der Waals surface area contributed by atoms with Gasteiger partial charge in [-0.05, 0) is 61.5 Å². The number of hydrogen-bond acceptors (Lipinski definition) is 6. The average Bonchev–Trinajstić information content (AvgIpc) is 3.28. The fourth-order valence-corrected chi connectivity index (χ4v) is 6.20. The van der Waals surface area contributed by atoms with Crippen LogP contribution >= 0.6 is 46.3 Å². The molecule has 0 saturated heterocycles. The Kier molecular flexibility index (Phi) is 8.03. The zero-order valence-electron chi connectivity index (χ0n) is 18.2. The molecule has 1 amide bonds. The van der Waals surface area contributed by atoms with Crippen molar-refractivity contribution in [3.63, 3.8) is 0 Å². The maximum atomic E-state index is 12.7. The van der Waals surface area contributed by atoms with Crippen molar-refractivity contribution in [3.05, 3.63) is 88.2 Å². The van der Waals surface area contributed by atoms with Crippen LogP contribution in [-0.2, 0) is 14.8 Å². The Labute approximate surface area is 221 Å². The van der Waals surface area contributed by atoms with Gasteiger partial charge in [-0.2, -0.15) is 0 Å². The number of carbonyl (C=O) groups excluding carboxylic acids is 1. The van der Waals surface area contributed by atoms with Crippen LogP contribution in [0, 0.1) is 0 Å². The van der Waals surface area contributed by atoms with E-state index in [1.165, 1.54) is 35.2 Å². The highest BCUT2D eigenvalue weighted by atomic mass is 35.5. The second kappa shape index (κ2) is 11.0. The van der Waals surface area contributed by atoms with Crippen LogP contribution in [0.15, 0.2) is 88.0 Å². The number of aromatic nitrogens is 1. The van der Waals surface area contributed by atoms with Crippen LogP contribution in [-0.4, -0.2) is 24.6 Å². The number of thioether (sulfide) groups is 1. The smallest absolute Gasteiger partial charge is 0.261 e. The van der Waals surface area contributed by atoms with Crippen LogP contribution in [0.3, 0.4) is 0 Å². The molecule has 11 heteroatoms. The average molecular weight is 565 g/mol. The van der Waals surface area contributed by atoms with Gasteiger partial charge >= 0.3 is 0 Å². The summed E-state index contributed by atoms with van der Waals surface area (Å²) in [6, 6.07) is 20.2. The predicted octanol–water partition coefficient (Wildman–Crippen LogP) is 7.04. The zero-order chi connectivity index (χ0) is 25.0. The van der Waals surface area contributed by atoms with Gasteiger partial charge in [0.25, 0.3) is 10.0 Å². The number of rotatable bonds is 8. The summed E-state index contributed by atoms with van der Waals surface area (Å²) in [6.07, 6.45) is 0. The minimum atomic E-state index is -3.66. The summed E-state index contributed by atoms with van der Waals surface area (Å²) in [7, 11) is -3.66. The van der Waals surface area contributed by atoms with Crippen molar-refractivity contribution in [2.75, 3.05) is 10.0 Å². The van der Waals surface area contributed by atoms with Crippen molar-refractivity contribution in [2.24, 2.45) is 0 Å². The van der Waals surface area contributed by atoms with E-state index in [9.17, 15) is 13.2 Å². The summed E-state index contributed by atoms with van der Waals surface area (Å²) in [5.41, 5.74) is 1.82. The highest BCUT2D eigenvalue weighted by Crippen LogP contribution is 2.33. The van der Waals surface area contributed by atoms with Crippen LogP contribution in [0.4, 0.5) is 10.8 Å². The third-order valence-electron chi connectivity index (χ3n) is 4.78. The second-order valence-corrected chi connectivity index (χ2v) is 12.2. The molecule has 180 valence electrons. The van der Waals surface area contributed by atoms with Crippen molar-refractivity contribution in [1.29, 1.82) is 0 Å². The van der Waals surface area contributed by atoms with Crippen molar-refractivity contribution < 1.29 is 13.2 Å². The Bertz CT molecular complexity index is 1440. The number of hydrogen-bond donors (Lipinski definition) is 2. The first-order valence-corrected chi connectivity index (χ1v) is 14.3. The minimum absolute atomic E-state index is 0.187. The van der Waals surface area contributed by atoms with Gasteiger partial charge in [-0.15, -0.1) is 23.1 Å². The van der Waals surface area contributed by atoms with Crippen LogP contribution in [0.5, 0.6) is 0 Å². The molecule has 0 bridgehead atoms. The molecule has 2 N–H and O–H groups in total. The van der Waals surface area contributed by atoms with Gasteiger partial charge in [0.15, 0.2) is 5.13 Å². The van der Waals surface area contributed by atoms with Gasteiger partial charge in [-0.3, -0.25) is 9.52 Å². The van der Waals surface area contributed by atoms with E-state index in [1.54, 1.807) is 67.6 Å². The lowest BCUT2D eigenvalue weighted by Crippen LogP contribution is -2.22. The van der Waals surface area contributed by atoms with Crippen molar-refractivity contribution in [3.8, 4) is 11.3 Å². The number of benzene rings is 3. The molecule has 1 atom stereocenters. The summed E-state index contributed by atoms with van der Waals surface area (Å²) >= 11 is 14.9. The van der Waals surface area contributed by atoms with Gasteiger partial charge in [0.1, 0.15) is 0 Å². The Morgan fingerprint density at radius 1 is 1.03 bits per heavy atom. The molecule has 35 heavy (non-hydrogen) atoms. The lowest BCUT2D eigenvalue weighted by atomic mass is 10.2. The first-order chi connectivity index (χ1) is 16.7. The number of nitrogens with one attached hydrogen (secondary N) is 2. The molecule has 0 saturated carbocycles. The molecule has 1 unspecified atom stereocenters. The van der Waals surface area contributed by atoms with Gasteiger partial charge in [0.2, 0.25) is 5.91 Å². The standard InChI is InChI=1S/C24H19Cl2N3O3S3/c1-15(23(30)28-24-27-22(14-33-24)20-12-7-16(25)13-21(20)26)34-18-10-8-17(9-11-18)29-35(31,32)19-5-3-2-4-6-19/h2-15,29H,1H3,(H,27,28,30). The molecule has 0 aliphatic heterocycles.